The molecule has 2 aromatic carbocycles. The van der Waals surface area contributed by atoms with Crippen LogP contribution in [-0.4, -0.2) is 45.2 Å². The van der Waals surface area contributed by atoms with Gasteiger partial charge in [0.2, 0.25) is 5.90 Å². The third-order valence-electron chi connectivity index (χ3n) is 5.57. The molecule has 0 spiro atoms. The predicted octanol–water partition coefficient (Wildman–Crippen LogP) is 2.36. The van der Waals surface area contributed by atoms with Gasteiger partial charge in [-0.15, -0.1) is 0 Å². The van der Waals surface area contributed by atoms with Gasteiger partial charge in [-0.3, -0.25) is 4.90 Å². The number of hydrogen-bond acceptors (Lipinski definition) is 9. The minimum absolute atomic E-state index is 0.0181. The lowest BCUT2D eigenvalue weighted by Gasteiger charge is -2.36. The standard InChI is InChI=1S/C25H22N4O5/c1-32-24(30)20-19(15-8-4-3-5-9-15)17(14-26)22(27)29(21(20)25(31)33-2)18-11-7-6-10-16(18)23-28-12-13-34-23/h3-11,19H,12-13,27H2,1-2H3. The van der Waals surface area contributed by atoms with E-state index in [0.29, 0.717) is 35.9 Å². The monoisotopic (exact) mass is 458 g/mol. The van der Waals surface area contributed by atoms with Crippen LogP contribution in [0.25, 0.3) is 0 Å². The van der Waals surface area contributed by atoms with Crippen molar-refractivity contribution < 1.29 is 23.8 Å². The Labute approximate surface area is 196 Å². The first kappa shape index (κ1) is 22.6. The lowest BCUT2D eigenvalue weighted by atomic mass is 9.80. The van der Waals surface area contributed by atoms with E-state index in [-0.39, 0.29) is 22.7 Å². The number of rotatable bonds is 5. The molecule has 2 aromatic rings. The molecule has 1 atom stereocenters. The van der Waals surface area contributed by atoms with Crippen LogP contribution in [0.1, 0.15) is 17.0 Å². The largest absolute Gasteiger partial charge is 0.475 e. The number of nitriles is 1. The molecule has 0 saturated carbocycles. The van der Waals surface area contributed by atoms with Crippen molar-refractivity contribution in [1.82, 2.24) is 0 Å². The van der Waals surface area contributed by atoms with Crippen molar-refractivity contribution in [3.63, 3.8) is 0 Å². The van der Waals surface area contributed by atoms with Crippen molar-refractivity contribution in [2.75, 3.05) is 32.3 Å². The van der Waals surface area contributed by atoms with Crippen LogP contribution in [0.4, 0.5) is 5.69 Å². The summed E-state index contributed by atoms with van der Waals surface area (Å²) in [5.74, 6) is -2.18. The molecule has 9 nitrogen and oxygen atoms in total. The number of carbonyl (C=O) groups is 2. The number of para-hydroxylation sites is 1. The molecule has 0 saturated heterocycles. The van der Waals surface area contributed by atoms with Gasteiger partial charge in [0.05, 0.1) is 55.1 Å². The third-order valence-corrected chi connectivity index (χ3v) is 5.57. The molecule has 2 aliphatic rings. The molecule has 0 aliphatic carbocycles. The number of hydrogen-bond donors (Lipinski definition) is 1. The van der Waals surface area contributed by atoms with Gasteiger partial charge in [0.15, 0.2) is 0 Å². The molecular weight excluding hydrogens is 436 g/mol. The van der Waals surface area contributed by atoms with Crippen molar-refractivity contribution in [3.8, 4) is 6.07 Å². The molecule has 0 amide bonds. The lowest BCUT2D eigenvalue weighted by molar-refractivity contribution is -0.139. The summed E-state index contributed by atoms with van der Waals surface area (Å²) in [5.41, 5.74) is 7.98. The van der Waals surface area contributed by atoms with Gasteiger partial charge < -0.3 is 19.9 Å². The van der Waals surface area contributed by atoms with E-state index in [1.165, 1.54) is 19.1 Å². The Bertz CT molecular complexity index is 1270. The number of esters is 2. The van der Waals surface area contributed by atoms with E-state index >= 15 is 0 Å². The summed E-state index contributed by atoms with van der Waals surface area (Å²) < 4.78 is 15.8. The minimum Gasteiger partial charge on any atom is -0.475 e. The summed E-state index contributed by atoms with van der Waals surface area (Å²) in [6.45, 7) is 0.906. The lowest BCUT2D eigenvalue weighted by Crippen LogP contribution is -2.41. The number of benzene rings is 2. The molecule has 2 aliphatic heterocycles. The molecule has 4 rings (SSSR count). The second-order valence-corrected chi connectivity index (χ2v) is 7.39. The van der Waals surface area contributed by atoms with Gasteiger partial charge in [-0.1, -0.05) is 42.5 Å². The van der Waals surface area contributed by atoms with Crippen LogP contribution in [0.5, 0.6) is 0 Å². The number of allylic oxidation sites excluding steroid dienone is 1. The van der Waals surface area contributed by atoms with Crippen LogP contribution < -0.4 is 10.6 Å². The highest BCUT2D eigenvalue weighted by Crippen LogP contribution is 2.44. The number of anilines is 1. The highest BCUT2D eigenvalue weighted by atomic mass is 16.5. The highest BCUT2D eigenvalue weighted by molar-refractivity contribution is 6.08. The highest BCUT2D eigenvalue weighted by Gasteiger charge is 2.43. The smallest absolute Gasteiger partial charge is 0.355 e. The van der Waals surface area contributed by atoms with Gasteiger partial charge in [0, 0.05) is 0 Å². The van der Waals surface area contributed by atoms with E-state index in [1.54, 1.807) is 54.6 Å². The molecule has 2 heterocycles. The summed E-state index contributed by atoms with van der Waals surface area (Å²) in [6, 6.07) is 18.0. The van der Waals surface area contributed by atoms with Crippen LogP contribution in [0.15, 0.2) is 82.3 Å². The number of nitrogens with two attached hydrogens (primary N) is 1. The van der Waals surface area contributed by atoms with Crippen LogP contribution >= 0.6 is 0 Å². The molecule has 0 bridgehead atoms. The van der Waals surface area contributed by atoms with Crippen molar-refractivity contribution in [1.29, 1.82) is 5.26 Å². The normalized spacial score (nSPS) is 17.6. The molecule has 0 radical (unpaired) electrons. The Balaban J connectivity index is 2.07. The predicted molar refractivity (Wildman–Crippen MR) is 123 cm³/mol. The Morgan fingerprint density at radius 1 is 1.09 bits per heavy atom. The second kappa shape index (κ2) is 9.50. The van der Waals surface area contributed by atoms with Crippen molar-refractivity contribution >= 4 is 23.5 Å². The Morgan fingerprint density at radius 3 is 2.38 bits per heavy atom. The maximum atomic E-state index is 13.2. The fourth-order valence-corrected chi connectivity index (χ4v) is 4.11. The summed E-state index contributed by atoms with van der Waals surface area (Å²) >= 11 is 0. The fraction of sp³-hybridized carbons (Fsp3) is 0.200. The first-order chi connectivity index (χ1) is 16.5. The van der Waals surface area contributed by atoms with Gasteiger partial charge >= 0.3 is 11.9 Å². The van der Waals surface area contributed by atoms with Crippen molar-refractivity contribution in [3.05, 3.63) is 88.4 Å². The zero-order valence-electron chi connectivity index (χ0n) is 18.6. The van der Waals surface area contributed by atoms with E-state index in [1.807, 2.05) is 0 Å². The van der Waals surface area contributed by atoms with E-state index in [2.05, 4.69) is 11.1 Å². The first-order valence-corrected chi connectivity index (χ1v) is 10.5. The van der Waals surface area contributed by atoms with E-state index in [4.69, 9.17) is 19.9 Å². The second-order valence-electron chi connectivity index (χ2n) is 7.39. The number of methoxy groups -OCH3 is 2. The zero-order chi connectivity index (χ0) is 24.2. The van der Waals surface area contributed by atoms with Crippen LogP contribution in [0, 0.1) is 11.3 Å². The Morgan fingerprint density at radius 2 is 1.76 bits per heavy atom. The van der Waals surface area contributed by atoms with Gasteiger partial charge in [-0.05, 0) is 17.7 Å². The molecule has 9 heteroatoms. The van der Waals surface area contributed by atoms with Gasteiger partial charge in [-0.25, -0.2) is 14.6 Å². The number of carbonyl (C=O) groups excluding carboxylic acids is 2. The molecule has 2 N–H and O–H groups in total. The van der Waals surface area contributed by atoms with Gasteiger partial charge in [-0.2, -0.15) is 5.26 Å². The van der Waals surface area contributed by atoms with E-state index in [9.17, 15) is 14.9 Å². The quantitative estimate of drug-likeness (QED) is 0.677. The topological polar surface area (TPSA) is 127 Å². The summed E-state index contributed by atoms with van der Waals surface area (Å²) in [6.07, 6.45) is 0. The number of aliphatic imine (C=N–C) groups is 1. The van der Waals surface area contributed by atoms with Crippen molar-refractivity contribution in [2.45, 2.75) is 5.92 Å². The zero-order valence-corrected chi connectivity index (χ0v) is 18.6. The molecule has 172 valence electrons. The average Bonchev–Trinajstić information content (AvgIpc) is 3.42. The SMILES string of the molecule is COC(=O)C1=C(C(=O)OC)N(c2ccccc2C2=NCCO2)C(N)=C(C#N)C1c1ccccc1. The maximum absolute atomic E-state index is 13.2. The summed E-state index contributed by atoms with van der Waals surface area (Å²) in [4.78, 5) is 32.0. The molecular formula is C25H22N4O5. The average molecular weight is 458 g/mol. The summed E-state index contributed by atoms with van der Waals surface area (Å²) in [5, 5.41) is 10.1. The molecule has 0 aromatic heterocycles. The van der Waals surface area contributed by atoms with E-state index < -0.39 is 17.9 Å². The molecule has 1 unspecified atom stereocenters. The minimum atomic E-state index is -0.934. The third kappa shape index (κ3) is 3.75. The summed E-state index contributed by atoms with van der Waals surface area (Å²) in [7, 11) is 2.41. The number of nitrogens with zero attached hydrogens (tertiary/aromatic N) is 3. The van der Waals surface area contributed by atoms with E-state index in [0.717, 1.165) is 0 Å². The van der Waals surface area contributed by atoms with Crippen LogP contribution in [0.3, 0.4) is 0 Å². The van der Waals surface area contributed by atoms with Gasteiger partial charge in [0.25, 0.3) is 0 Å². The van der Waals surface area contributed by atoms with Crippen molar-refractivity contribution in [2.24, 2.45) is 10.7 Å². The van der Waals surface area contributed by atoms with Gasteiger partial charge in [0.1, 0.15) is 18.1 Å². The first-order valence-electron chi connectivity index (χ1n) is 10.5. The molecule has 0 fully saturated rings. The number of ether oxygens (including phenoxy) is 3. The molecule has 34 heavy (non-hydrogen) atoms. The Hall–Kier alpha value is -4.58. The maximum Gasteiger partial charge on any atom is 0.355 e. The van der Waals surface area contributed by atoms with Crippen LogP contribution in [-0.2, 0) is 23.8 Å². The fourth-order valence-electron chi connectivity index (χ4n) is 4.11. The Kier molecular flexibility index (Phi) is 6.32. The van der Waals surface area contributed by atoms with Crippen LogP contribution in [0.2, 0.25) is 0 Å².